The van der Waals surface area contributed by atoms with E-state index >= 15 is 0 Å². The zero-order valence-electron chi connectivity index (χ0n) is 13.3. The standard InChI is InChI=1S/C17H24ClN3O/c1-20-11-13-21(14-12-20)10-4-3-5-17(19-22-2)15-6-8-16(18)9-7-15/h3,5-9H,4,10-14H2,1-2H3/b5-3+,19-17+. The molecule has 0 amide bonds. The highest BCUT2D eigenvalue weighted by molar-refractivity contribution is 6.30. The van der Waals surface area contributed by atoms with Crippen molar-refractivity contribution in [2.24, 2.45) is 5.16 Å². The molecule has 120 valence electrons. The van der Waals surface area contributed by atoms with Crippen LogP contribution in [0.1, 0.15) is 12.0 Å². The van der Waals surface area contributed by atoms with Gasteiger partial charge in [0.05, 0.1) is 0 Å². The number of hydrogen-bond acceptors (Lipinski definition) is 4. The molecule has 0 N–H and O–H groups in total. The van der Waals surface area contributed by atoms with Crippen LogP contribution in [0.5, 0.6) is 0 Å². The first-order chi connectivity index (χ1) is 10.7. The molecular weight excluding hydrogens is 298 g/mol. The molecule has 5 heteroatoms. The zero-order valence-corrected chi connectivity index (χ0v) is 14.1. The van der Waals surface area contributed by atoms with Crippen LogP contribution in [0.2, 0.25) is 5.02 Å². The summed E-state index contributed by atoms with van der Waals surface area (Å²) in [5.74, 6) is 0. The largest absolute Gasteiger partial charge is 0.399 e. The number of piperazine rings is 1. The van der Waals surface area contributed by atoms with Gasteiger partial charge >= 0.3 is 0 Å². The van der Waals surface area contributed by atoms with Crippen molar-refractivity contribution in [3.8, 4) is 0 Å². The third kappa shape index (κ3) is 5.44. The van der Waals surface area contributed by atoms with E-state index in [0.29, 0.717) is 0 Å². The van der Waals surface area contributed by atoms with E-state index in [-0.39, 0.29) is 0 Å². The van der Waals surface area contributed by atoms with Crippen LogP contribution in [0, 0.1) is 0 Å². The molecule has 0 saturated carbocycles. The van der Waals surface area contributed by atoms with Crippen LogP contribution in [0.15, 0.2) is 41.6 Å². The van der Waals surface area contributed by atoms with Gasteiger partial charge in [0.25, 0.3) is 0 Å². The number of benzene rings is 1. The molecule has 0 aromatic heterocycles. The van der Waals surface area contributed by atoms with Crippen LogP contribution in [-0.4, -0.2) is 62.4 Å². The molecule has 22 heavy (non-hydrogen) atoms. The Labute approximate surface area is 138 Å². The number of rotatable bonds is 6. The molecule has 0 radical (unpaired) electrons. The van der Waals surface area contributed by atoms with Crippen LogP contribution >= 0.6 is 11.6 Å². The third-order valence-corrected chi connectivity index (χ3v) is 4.07. The summed E-state index contributed by atoms with van der Waals surface area (Å²) in [6.07, 6.45) is 5.19. The third-order valence-electron chi connectivity index (χ3n) is 3.81. The Morgan fingerprint density at radius 3 is 2.55 bits per heavy atom. The summed E-state index contributed by atoms with van der Waals surface area (Å²) < 4.78 is 0. The van der Waals surface area contributed by atoms with Gasteiger partial charge < -0.3 is 14.6 Å². The van der Waals surface area contributed by atoms with Crippen LogP contribution in [0.4, 0.5) is 0 Å². The molecule has 0 atom stereocenters. The maximum Gasteiger partial charge on any atom is 0.109 e. The number of allylic oxidation sites excluding steroid dienone is 1. The predicted octanol–water partition coefficient (Wildman–Crippen LogP) is 2.88. The molecule has 0 unspecified atom stereocenters. The quantitative estimate of drug-likeness (QED) is 0.596. The van der Waals surface area contributed by atoms with Crippen LogP contribution in [0.3, 0.4) is 0 Å². The number of nitrogens with zero attached hydrogens (tertiary/aromatic N) is 3. The first-order valence-corrected chi connectivity index (χ1v) is 8.01. The minimum atomic E-state index is 0.722. The molecule has 1 aliphatic rings. The fraction of sp³-hybridized carbons (Fsp3) is 0.471. The van der Waals surface area contributed by atoms with Gasteiger partial charge in [-0.05, 0) is 31.7 Å². The van der Waals surface area contributed by atoms with Crippen molar-refractivity contribution in [2.45, 2.75) is 6.42 Å². The number of hydrogen-bond donors (Lipinski definition) is 0. The maximum atomic E-state index is 5.92. The van der Waals surface area contributed by atoms with E-state index in [4.69, 9.17) is 16.4 Å². The summed E-state index contributed by atoms with van der Waals surface area (Å²) in [6.45, 7) is 5.71. The second-order valence-corrected chi connectivity index (χ2v) is 5.94. The lowest BCUT2D eigenvalue weighted by atomic mass is 10.1. The lowest BCUT2D eigenvalue weighted by molar-refractivity contribution is 0.156. The highest BCUT2D eigenvalue weighted by Gasteiger charge is 2.12. The van der Waals surface area contributed by atoms with Gasteiger partial charge in [0.15, 0.2) is 0 Å². The van der Waals surface area contributed by atoms with E-state index in [1.165, 1.54) is 0 Å². The molecule has 1 aromatic carbocycles. The molecule has 2 rings (SSSR count). The smallest absolute Gasteiger partial charge is 0.109 e. The highest BCUT2D eigenvalue weighted by Crippen LogP contribution is 2.11. The SMILES string of the molecule is CO/N=C(\C=C\CCN1CCN(C)CC1)c1ccc(Cl)cc1. The van der Waals surface area contributed by atoms with Crippen molar-refractivity contribution in [3.05, 3.63) is 47.0 Å². The van der Waals surface area contributed by atoms with Crippen LogP contribution in [-0.2, 0) is 4.84 Å². The second-order valence-electron chi connectivity index (χ2n) is 5.50. The average molecular weight is 322 g/mol. The number of halogens is 1. The van der Waals surface area contributed by atoms with Gasteiger partial charge in [-0.15, -0.1) is 0 Å². The maximum absolute atomic E-state index is 5.92. The molecule has 0 spiro atoms. The van der Waals surface area contributed by atoms with E-state index in [1.807, 2.05) is 30.3 Å². The molecule has 0 aliphatic carbocycles. The van der Waals surface area contributed by atoms with Crippen molar-refractivity contribution >= 4 is 17.3 Å². The predicted molar refractivity (Wildman–Crippen MR) is 92.7 cm³/mol. The fourth-order valence-electron chi connectivity index (χ4n) is 2.42. The first kappa shape index (κ1) is 17.0. The first-order valence-electron chi connectivity index (χ1n) is 7.63. The topological polar surface area (TPSA) is 28.1 Å². The van der Waals surface area contributed by atoms with Crippen molar-refractivity contribution < 1.29 is 4.84 Å². The van der Waals surface area contributed by atoms with Crippen LogP contribution < -0.4 is 0 Å². The van der Waals surface area contributed by atoms with Crippen LogP contribution in [0.25, 0.3) is 0 Å². The van der Waals surface area contributed by atoms with Crippen molar-refractivity contribution in [2.75, 3.05) is 46.9 Å². The molecule has 1 fully saturated rings. The van der Waals surface area contributed by atoms with Gasteiger partial charge in [0, 0.05) is 43.3 Å². The number of oxime groups is 1. The van der Waals surface area contributed by atoms with E-state index in [0.717, 1.165) is 55.4 Å². The highest BCUT2D eigenvalue weighted by atomic mass is 35.5. The summed E-state index contributed by atoms with van der Waals surface area (Å²) in [7, 11) is 3.74. The molecule has 1 aliphatic heterocycles. The molecule has 1 saturated heterocycles. The molecule has 1 heterocycles. The summed E-state index contributed by atoms with van der Waals surface area (Å²) in [5.41, 5.74) is 1.82. The van der Waals surface area contributed by atoms with Gasteiger partial charge in [0.1, 0.15) is 12.8 Å². The van der Waals surface area contributed by atoms with Gasteiger partial charge in [-0.3, -0.25) is 0 Å². The minimum absolute atomic E-state index is 0.722. The Morgan fingerprint density at radius 2 is 1.91 bits per heavy atom. The average Bonchev–Trinajstić information content (AvgIpc) is 2.53. The molecule has 0 bridgehead atoms. The van der Waals surface area contributed by atoms with Gasteiger partial charge in [0.2, 0.25) is 0 Å². The Balaban J connectivity index is 1.86. The van der Waals surface area contributed by atoms with Gasteiger partial charge in [-0.25, -0.2) is 0 Å². The van der Waals surface area contributed by atoms with E-state index < -0.39 is 0 Å². The summed E-state index contributed by atoms with van der Waals surface area (Å²) >= 11 is 5.92. The second kappa shape index (κ2) is 8.93. The Bertz CT molecular complexity index is 505. The lowest BCUT2D eigenvalue weighted by Gasteiger charge is -2.31. The molecule has 4 nitrogen and oxygen atoms in total. The number of likely N-dealkylation sites (N-methyl/N-ethyl adjacent to an activating group) is 1. The Hall–Kier alpha value is -1.36. The van der Waals surface area contributed by atoms with Gasteiger partial charge in [-0.2, -0.15) is 0 Å². The molecular formula is C17H24ClN3O. The summed E-state index contributed by atoms with van der Waals surface area (Å²) in [4.78, 5) is 9.81. The normalized spacial score (nSPS) is 18.0. The van der Waals surface area contributed by atoms with Gasteiger partial charge in [-0.1, -0.05) is 35.0 Å². The molecule has 1 aromatic rings. The summed E-state index contributed by atoms with van der Waals surface area (Å²) in [6, 6.07) is 7.62. The minimum Gasteiger partial charge on any atom is -0.399 e. The lowest BCUT2D eigenvalue weighted by Crippen LogP contribution is -2.44. The monoisotopic (exact) mass is 321 g/mol. The van der Waals surface area contributed by atoms with Crippen molar-refractivity contribution in [3.63, 3.8) is 0 Å². The van der Waals surface area contributed by atoms with E-state index in [2.05, 4.69) is 28.1 Å². The zero-order chi connectivity index (χ0) is 15.8. The van der Waals surface area contributed by atoms with E-state index in [9.17, 15) is 0 Å². The fourth-order valence-corrected chi connectivity index (χ4v) is 2.55. The van der Waals surface area contributed by atoms with Crippen molar-refractivity contribution in [1.29, 1.82) is 0 Å². The van der Waals surface area contributed by atoms with E-state index in [1.54, 1.807) is 7.11 Å². The Kier molecular flexibility index (Phi) is 6.90. The van der Waals surface area contributed by atoms with Crippen molar-refractivity contribution in [1.82, 2.24) is 9.80 Å². The Morgan fingerprint density at radius 1 is 1.23 bits per heavy atom. The summed E-state index contributed by atoms with van der Waals surface area (Å²) in [5, 5.41) is 4.81.